The van der Waals surface area contributed by atoms with Gasteiger partial charge in [0.1, 0.15) is 0 Å². The lowest BCUT2D eigenvalue weighted by atomic mass is 10.1. The molecule has 0 fully saturated rings. The first-order valence-corrected chi connectivity index (χ1v) is 4.67. The average molecular weight is 240 g/mol. The van der Waals surface area contributed by atoms with Crippen LogP contribution in [0.15, 0.2) is 30.3 Å². The van der Waals surface area contributed by atoms with Crippen LogP contribution in [-0.2, 0) is 0 Å². The highest BCUT2D eigenvalue weighted by Gasteiger charge is 2.09. The van der Waals surface area contributed by atoms with E-state index in [9.17, 15) is 0 Å². The van der Waals surface area contributed by atoms with Crippen molar-refractivity contribution in [3.8, 4) is 11.5 Å². The molecule has 0 aliphatic heterocycles. The quantitative estimate of drug-likeness (QED) is 0.820. The second-order valence-corrected chi connectivity index (χ2v) is 3.24. The fourth-order valence-corrected chi connectivity index (χ4v) is 1.71. The zero-order valence-corrected chi connectivity index (χ0v) is 10.0. The number of benzene rings is 2. The summed E-state index contributed by atoms with van der Waals surface area (Å²) < 4.78 is 10.5. The molecule has 4 heteroatoms. The molecule has 2 rings (SSSR count). The summed E-state index contributed by atoms with van der Waals surface area (Å²) in [5, 5.41) is 1.95. The molecule has 0 aliphatic rings. The molecule has 0 aliphatic carbocycles. The summed E-state index contributed by atoms with van der Waals surface area (Å²) in [6.45, 7) is 0. The maximum atomic E-state index is 5.87. The molecule has 86 valence electrons. The minimum Gasteiger partial charge on any atom is -0.493 e. The monoisotopic (exact) mass is 239 g/mol. The summed E-state index contributed by atoms with van der Waals surface area (Å²) in [5.41, 5.74) is 6.62. The van der Waals surface area contributed by atoms with Crippen LogP contribution in [0, 0.1) is 0 Å². The molecular formula is C12H14ClNO2. The van der Waals surface area contributed by atoms with Gasteiger partial charge in [0, 0.05) is 16.5 Å². The van der Waals surface area contributed by atoms with Gasteiger partial charge in [-0.2, -0.15) is 0 Å². The Bertz CT molecular complexity index is 500. The molecule has 0 amide bonds. The van der Waals surface area contributed by atoms with Gasteiger partial charge in [-0.15, -0.1) is 12.4 Å². The number of nitrogens with two attached hydrogens (primary N) is 1. The molecule has 0 radical (unpaired) electrons. The molecule has 0 aromatic heterocycles. The Kier molecular flexibility index (Phi) is 3.85. The van der Waals surface area contributed by atoms with E-state index >= 15 is 0 Å². The van der Waals surface area contributed by atoms with Crippen LogP contribution in [0.4, 0.5) is 5.69 Å². The maximum absolute atomic E-state index is 5.87. The summed E-state index contributed by atoms with van der Waals surface area (Å²) in [6.07, 6.45) is 0. The van der Waals surface area contributed by atoms with Gasteiger partial charge in [0.25, 0.3) is 0 Å². The van der Waals surface area contributed by atoms with Crippen molar-refractivity contribution >= 4 is 28.9 Å². The predicted molar refractivity (Wildman–Crippen MR) is 68.7 cm³/mol. The van der Waals surface area contributed by atoms with E-state index in [-0.39, 0.29) is 12.4 Å². The largest absolute Gasteiger partial charge is 0.493 e. The molecule has 0 heterocycles. The van der Waals surface area contributed by atoms with Crippen molar-refractivity contribution in [2.45, 2.75) is 0 Å². The SMILES string of the molecule is COc1ccc2c(N)cccc2c1OC.Cl. The van der Waals surface area contributed by atoms with Crippen LogP contribution in [0.3, 0.4) is 0 Å². The first kappa shape index (κ1) is 12.5. The number of fused-ring (bicyclic) bond motifs is 1. The molecule has 16 heavy (non-hydrogen) atoms. The fraction of sp³-hybridized carbons (Fsp3) is 0.167. The molecule has 0 saturated carbocycles. The van der Waals surface area contributed by atoms with E-state index in [1.165, 1.54) is 0 Å². The third-order valence-corrected chi connectivity index (χ3v) is 2.43. The van der Waals surface area contributed by atoms with E-state index in [1.807, 2.05) is 30.3 Å². The Morgan fingerprint density at radius 1 is 0.938 bits per heavy atom. The molecule has 0 unspecified atom stereocenters. The van der Waals surface area contributed by atoms with Crippen LogP contribution in [0.5, 0.6) is 11.5 Å². The van der Waals surface area contributed by atoms with Gasteiger partial charge in [-0.3, -0.25) is 0 Å². The van der Waals surface area contributed by atoms with Crippen molar-refractivity contribution in [3.63, 3.8) is 0 Å². The highest BCUT2D eigenvalue weighted by molar-refractivity contribution is 5.98. The standard InChI is InChI=1S/C12H13NO2.ClH/c1-14-11-7-6-8-9(12(11)15-2)4-3-5-10(8)13;/h3-7H,13H2,1-2H3;1H. The number of rotatable bonds is 2. The predicted octanol–water partition coefficient (Wildman–Crippen LogP) is 2.86. The first-order valence-electron chi connectivity index (χ1n) is 4.67. The van der Waals surface area contributed by atoms with Crippen LogP contribution in [0.25, 0.3) is 10.8 Å². The number of anilines is 1. The zero-order chi connectivity index (χ0) is 10.8. The summed E-state index contributed by atoms with van der Waals surface area (Å²) in [5.74, 6) is 1.44. The van der Waals surface area contributed by atoms with Crippen molar-refractivity contribution in [3.05, 3.63) is 30.3 Å². The molecule has 0 saturated heterocycles. The molecule has 0 spiro atoms. The average Bonchev–Trinajstić information content (AvgIpc) is 2.28. The molecule has 2 aromatic rings. The summed E-state index contributed by atoms with van der Waals surface area (Å²) in [6, 6.07) is 9.53. The lowest BCUT2D eigenvalue weighted by molar-refractivity contribution is 0.358. The third-order valence-electron chi connectivity index (χ3n) is 2.43. The van der Waals surface area contributed by atoms with Crippen LogP contribution in [0.1, 0.15) is 0 Å². The number of hydrogen-bond donors (Lipinski definition) is 1. The Morgan fingerprint density at radius 3 is 2.31 bits per heavy atom. The molecular weight excluding hydrogens is 226 g/mol. The van der Waals surface area contributed by atoms with Crippen molar-refractivity contribution in [1.29, 1.82) is 0 Å². The van der Waals surface area contributed by atoms with Gasteiger partial charge < -0.3 is 15.2 Å². The second-order valence-electron chi connectivity index (χ2n) is 3.24. The second kappa shape index (κ2) is 4.94. The van der Waals surface area contributed by atoms with E-state index in [4.69, 9.17) is 15.2 Å². The van der Waals surface area contributed by atoms with Crippen molar-refractivity contribution < 1.29 is 9.47 Å². The van der Waals surface area contributed by atoms with E-state index in [0.29, 0.717) is 0 Å². The van der Waals surface area contributed by atoms with Gasteiger partial charge in [0.15, 0.2) is 11.5 Å². The highest BCUT2D eigenvalue weighted by atomic mass is 35.5. The van der Waals surface area contributed by atoms with Crippen LogP contribution >= 0.6 is 12.4 Å². The molecule has 0 atom stereocenters. The lowest BCUT2D eigenvalue weighted by Crippen LogP contribution is -1.93. The molecule has 0 bridgehead atoms. The van der Waals surface area contributed by atoms with E-state index < -0.39 is 0 Å². The Hall–Kier alpha value is -1.61. The fourth-order valence-electron chi connectivity index (χ4n) is 1.71. The highest BCUT2D eigenvalue weighted by Crippen LogP contribution is 2.37. The maximum Gasteiger partial charge on any atom is 0.168 e. The lowest BCUT2D eigenvalue weighted by Gasteiger charge is -2.11. The van der Waals surface area contributed by atoms with Crippen LogP contribution < -0.4 is 15.2 Å². The topological polar surface area (TPSA) is 44.5 Å². The van der Waals surface area contributed by atoms with E-state index in [2.05, 4.69) is 0 Å². The summed E-state index contributed by atoms with van der Waals surface area (Å²) >= 11 is 0. The Labute approximate surface area is 101 Å². The number of ether oxygens (including phenoxy) is 2. The number of hydrogen-bond acceptors (Lipinski definition) is 3. The normalized spacial score (nSPS) is 9.62. The minimum atomic E-state index is 0. The third kappa shape index (κ3) is 1.86. The van der Waals surface area contributed by atoms with Gasteiger partial charge in [0.2, 0.25) is 0 Å². The van der Waals surface area contributed by atoms with Gasteiger partial charge in [-0.25, -0.2) is 0 Å². The molecule has 2 aromatic carbocycles. The molecule has 2 N–H and O–H groups in total. The molecule has 3 nitrogen and oxygen atoms in total. The number of halogens is 1. The van der Waals surface area contributed by atoms with Crippen LogP contribution in [-0.4, -0.2) is 14.2 Å². The van der Waals surface area contributed by atoms with E-state index in [0.717, 1.165) is 28.0 Å². The Morgan fingerprint density at radius 2 is 1.69 bits per heavy atom. The van der Waals surface area contributed by atoms with Gasteiger partial charge in [-0.05, 0) is 18.2 Å². The smallest absolute Gasteiger partial charge is 0.168 e. The minimum absolute atomic E-state index is 0. The van der Waals surface area contributed by atoms with Crippen molar-refractivity contribution in [1.82, 2.24) is 0 Å². The number of nitrogen functional groups attached to an aromatic ring is 1. The van der Waals surface area contributed by atoms with E-state index in [1.54, 1.807) is 14.2 Å². The Balaban J connectivity index is 0.00000128. The van der Waals surface area contributed by atoms with Gasteiger partial charge >= 0.3 is 0 Å². The van der Waals surface area contributed by atoms with Crippen molar-refractivity contribution in [2.75, 3.05) is 20.0 Å². The van der Waals surface area contributed by atoms with Gasteiger partial charge in [0.05, 0.1) is 14.2 Å². The van der Waals surface area contributed by atoms with Gasteiger partial charge in [-0.1, -0.05) is 12.1 Å². The zero-order valence-electron chi connectivity index (χ0n) is 9.19. The van der Waals surface area contributed by atoms with Crippen molar-refractivity contribution in [2.24, 2.45) is 0 Å². The summed E-state index contributed by atoms with van der Waals surface area (Å²) in [7, 11) is 3.25. The summed E-state index contributed by atoms with van der Waals surface area (Å²) in [4.78, 5) is 0. The van der Waals surface area contributed by atoms with Crippen LogP contribution in [0.2, 0.25) is 0 Å². The number of methoxy groups -OCH3 is 2. The first-order chi connectivity index (χ1) is 7.27.